The van der Waals surface area contributed by atoms with Crippen LogP contribution in [0.15, 0.2) is 0 Å². The number of carbonyl (C=O) groups is 6. The molecular formula is C22H32Br2N4O8. The number of fused-ring (bicyclic) bond motifs is 3. The molecule has 0 saturated carbocycles. The van der Waals surface area contributed by atoms with E-state index in [2.05, 4.69) is 0 Å². The maximum atomic E-state index is 12.0. The Bertz CT molecular complexity index is 786. The molecule has 5 rings (SSSR count). The van der Waals surface area contributed by atoms with E-state index in [0.717, 1.165) is 61.3 Å². The Labute approximate surface area is 230 Å². The Kier molecular flexibility index (Phi) is 10.6. The summed E-state index contributed by atoms with van der Waals surface area (Å²) in [7, 11) is 0. The van der Waals surface area contributed by atoms with Gasteiger partial charge in [-0.3, -0.25) is 19.2 Å². The summed E-state index contributed by atoms with van der Waals surface area (Å²) in [6, 6.07) is 0. The Hall–Kier alpha value is -1.90. The fraction of sp³-hybridized carbons (Fsp3) is 0.727. The van der Waals surface area contributed by atoms with Gasteiger partial charge in [-0.05, 0) is 0 Å². The topological polar surface area (TPSA) is 127 Å². The second-order valence-electron chi connectivity index (χ2n) is 9.77. The van der Waals surface area contributed by atoms with Gasteiger partial charge >= 0.3 is 11.9 Å². The number of rotatable bonds is 10. The molecule has 0 atom stereocenters. The van der Waals surface area contributed by atoms with Crippen molar-refractivity contribution in [1.29, 1.82) is 0 Å². The first-order valence-corrected chi connectivity index (χ1v) is 12.0. The van der Waals surface area contributed by atoms with Gasteiger partial charge in [-0.1, -0.05) is 0 Å². The number of imide groups is 2. The van der Waals surface area contributed by atoms with Gasteiger partial charge in [0.2, 0.25) is 0 Å². The van der Waals surface area contributed by atoms with Crippen LogP contribution in [0.4, 0.5) is 0 Å². The lowest BCUT2D eigenvalue weighted by atomic mass is 10.0. The van der Waals surface area contributed by atoms with E-state index in [1.54, 1.807) is 0 Å². The first-order valence-electron chi connectivity index (χ1n) is 12.0. The molecule has 4 amide bonds. The second-order valence-corrected chi connectivity index (χ2v) is 9.77. The van der Waals surface area contributed by atoms with Gasteiger partial charge in [0.05, 0.1) is 25.9 Å². The van der Waals surface area contributed by atoms with Crippen LogP contribution in [0.3, 0.4) is 0 Å². The molecule has 0 N–H and O–H groups in total. The monoisotopic (exact) mass is 638 g/mol. The average Bonchev–Trinajstić information content (AvgIpc) is 3.30. The molecule has 5 fully saturated rings. The normalized spacial score (nSPS) is 27.1. The number of hydrogen-bond acceptors (Lipinski definition) is 8. The number of nitrogens with zero attached hydrogens (tertiary/aromatic N) is 4. The van der Waals surface area contributed by atoms with E-state index >= 15 is 0 Å². The number of piperazine rings is 3. The molecule has 0 unspecified atom stereocenters. The maximum absolute atomic E-state index is 12.0. The fourth-order valence-corrected chi connectivity index (χ4v) is 5.34. The Morgan fingerprint density at radius 1 is 0.583 bits per heavy atom. The van der Waals surface area contributed by atoms with Crippen molar-refractivity contribution in [3.63, 3.8) is 0 Å². The van der Waals surface area contributed by atoms with E-state index in [1.165, 1.54) is 0 Å². The molecule has 12 nitrogen and oxygen atoms in total. The van der Waals surface area contributed by atoms with Crippen molar-refractivity contribution in [2.75, 3.05) is 52.4 Å². The lowest BCUT2D eigenvalue weighted by Gasteiger charge is -2.55. The molecular weight excluding hydrogens is 608 g/mol. The third kappa shape index (κ3) is 6.90. The molecule has 202 valence electrons. The molecule has 36 heavy (non-hydrogen) atoms. The summed E-state index contributed by atoms with van der Waals surface area (Å²) in [5, 5.41) is 1.19. The van der Waals surface area contributed by atoms with E-state index in [-0.39, 0.29) is 72.5 Å². The SMILES string of the molecule is O=C(CCC[N+]12CC[N+](CCCC(=O)ON3C(=O)CCC3=O)(CC1)CC2)ON1C(=O)CCC1=O.[Br-].[Br-]. The number of carbonyl (C=O) groups excluding carboxylic acids is 6. The van der Waals surface area contributed by atoms with Crippen LogP contribution < -0.4 is 34.0 Å². The van der Waals surface area contributed by atoms with Crippen LogP contribution in [0.2, 0.25) is 0 Å². The van der Waals surface area contributed by atoms with E-state index in [1.807, 2.05) is 0 Å². The van der Waals surface area contributed by atoms with E-state index in [0.29, 0.717) is 23.0 Å². The van der Waals surface area contributed by atoms with Crippen LogP contribution >= 0.6 is 0 Å². The van der Waals surface area contributed by atoms with Gasteiger partial charge in [-0.15, -0.1) is 10.1 Å². The Balaban J connectivity index is 0.00000228. The van der Waals surface area contributed by atoms with E-state index in [4.69, 9.17) is 9.68 Å². The Morgan fingerprint density at radius 2 is 0.861 bits per heavy atom. The minimum Gasteiger partial charge on any atom is -1.00 e. The van der Waals surface area contributed by atoms with Crippen LogP contribution in [0.25, 0.3) is 0 Å². The van der Waals surface area contributed by atoms with Crippen LogP contribution in [-0.2, 0) is 38.4 Å². The first kappa shape index (κ1) is 30.3. The quantitative estimate of drug-likeness (QED) is 0.171. The predicted molar refractivity (Wildman–Crippen MR) is 112 cm³/mol. The smallest absolute Gasteiger partial charge is 0.333 e. The van der Waals surface area contributed by atoms with Crippen LogP contribution in [0.5, 0.6) is 0 Å². The highest BCUT2D eigenvalue weighted by Gasteiger charge is 2.48. The molecule has 5 heterocycles. The average molecular weight is 640 g/mol. The zero-order valence-electron chi connectivity index (χ0n) is 20.1. The van der Waals surface area contributed by atoms with Crippen LogP contribution in [-0.4, -0.2) is 107 Å². The third-order valence-electron chi connectivity index (χ3n) is 7.57. The van der Waals surface area contributed by atoms with E-state index in [9.17, 15) is 28.8 Å². The molecule has 0 aromatic carbocycles. The molecule has 5 aliphatic rings. The van der Waals surface area contributed by atoms with Crippen LogP contribution in [0.1, 0.15) is 51.4 Å². The van der Waals surface area contributed by atoms with Crippen LogP contribution in [0, 0.1) is 0 Å². The van der Waals surface area contributed by atoms with Gasteiger partial charge in [0.1, 0.15) is 39.3 Å². The molecule has 5 saturated heterocycles. The van der Waals surface area contributed by atoms with Crippen molar-refractivity contribution in [2.24, 2.45) is 0 Å². The van der Waals surface area contributed by atoms with Gasteiger partial charge in [-0.2, -0.15) is 0 Å². The molecule has 0 aliphatic carbocycles. The van der Waals surface area contributed by atoms with Gasteiger partial charge in [0.15, 0.2) is 0 Å². The minimum absolute atomic E-state index is 0. The number of hydroxylamine groups is 4. The summed E-state index contributed by atoms with van der Waals surface area (Å²) in [6.45, 7) is 7.69. The number of halogens is 2. The minimum atomic E-state index is -0.551. The zero-order valence-corrected chi connectivity index (χ0v) is 23.3. The summed E-state index contributed by atoms with van der Waals surface area (Å²) in [6.07, 6.45) is 1.96. The highest BCUT2D eigenvalue weighted by molar-refractivity contribution is 6.02. The predicted octanol–water partition coefficient (Wildman–Crippen LogP) is -6.57. The second kappa shape index (κ2) is 12.6. The van der Waals surface area contributed by atoms with Gasteiger partial charge in [0, 0.05) is 38.5 Å². The van der Waals surface area contributed by atoms with Crippen molar-refractivity contribution in [3.05, 3.63) is 0 Å². The summed E-state index contributed by atoms with van der Waals surface area (Å²) >= 11 is 0. The molecule has 5 aliphatic heterocycles. The van der Waals surface area contributed by atoms with Gasteiger partial charge in [-0.25, -0.2) is 9.59 Å². The molecule has 0 spiro atoms. The highest BCUT2D eigenvalue weighted by atomic mass is 79.9. The maximum Gasteiger partial charge on any atom is 0.333 e. The van der Waals surface area contributed by atoms with Gasteiger partial charge in [0.25, 0.3) is 23.6 Å². The Morgan fingerprint density at radius 3 is 1.14 bits per heavy atom. The van der Waals surface area contributed by atoms with Crippen molar-refractivity contribution in [3.8, 4) is 0 Å². The first-order chi connectivity index (χ1) is 16.2. The number of hydrogen-bond donors (Lipinski definition) is 0. The van der Waals surface area contributed by atoms with E-state index < -0.39 is 35.6 Å². The molecule has 0 aromatic heterocycles. The lowest BCUT2D eigenvalue weighted by Crippen LogP contribution is -3.00. The molecule has 2 bridgehead atoms. The highest BCUT2D eigenvalue weighted by Crippen LogP contribution is 2.28. The molecule has 0 aromatic rings. The summed E-state index contributed by atoms with van der Waals surface area (Å²) in [5.41, 5.74) is 0. The molecule has 0 radical (unpaired) electrons. The number of quaternary nitrogens is 2. The summed E-state index contributed by atoms with van der Waals surface area (Å²) in [4.78, 5) is 80.2. The summed E-state index contributed by atoms with van der Waals surface area (Å²) in [5.74, 6) is -2.96. The fourth-order valence-electron chi connectivity index (χ4n) is 5.34. The standard InChI is InChI=1S/C22H32N4O8.2BrH/c27-17-5-6-18(28)23(17)33-21(31)3-1-9-25-11-14-26(15-12-25,16-13-25)10-2-4-22(32)34-24-19(29)7-8-20(24)30;;/h1-16H2;2*1H/q+2;;/p-2. The third-order valence-corrected chi connectivity index (χ3v) is 7.57. The van der Waals surface area contributed by atoms with Crippen molar-refractivity contribution < 1.29 is 81.4 Å². The summed E-state index contributed by atoms with van der Waals surface area (Å²) < 4.78 is 1.91. The van der Waals surface area contributed by atoms with Crippen molar-refractivity contribution in [1.82, 2.24) is 10.1 Å². The number of amides is 4. The van der Waals surface area contributed by atoms with Crippen molar-refractivity contribution >= 4 is 35.6 Å². The molecule has 14 heteroatoms. The zero-order chi connectivity index (χ0) is 24.3. The van der Waals surface area contributed by atoms with Crippen molar-refractivity contribution in [2.45, 2.75) is 51.4 Å². The van der Waals surface area contributed by atoms with Gasteiger partial charge < -0.3 is 52.6 Å². The lowest BCUT2D eigenvalue weighted by molar-refractivity contribution is -1.08. The largest absolute Gasteiger partial charge is 1.00 e.